The highest BCUT2D eigenvalue weighted by Crippen LogP contribution is 2.35. The summed E-state index contributed by atoms with van der Waals surface area (Å²) < 4.78 is 20.4. The number of hydrogen-bond donors (Lipinski definition) is 0. The highest BCUT2D eigenvalue weighted by molar-refractivity contribution is 7.99. The highest BCUT2D eigenvalue weighted by atomic mass is 32.2. The summed E-state index contributed by atoms with van der Waals surface area (Å²) in [5.74, 6) is 0.836. The molecule has 0 radical (unpaired) electrons. The highest BCUT2D eigenvalue weighted by Gasteiger charge is 2.19. The van der Waals surface area contributed by atoms with Gasteiger partial charge in [0.25, 0.3) is 0 Å². The van der Waals surface area contributed by atoms with Crippen LogP contribution in [0.15, 0.2) is 42.7 Å². The van der Waals surface area contributed by atoms with Gasteiger partial charge in [0.15, 0.2) is 0 Å². The molecule has 0 spiro atoms. The van der Waals surface area contributed by atoms with E-state index in [1.807, 2.05) is 34.8 Å². The van der Waals surface area contributed by atoms with Gasteiger partial charge in [-0.05, 0) is 30.3 Å². The summed E-state index contributed by atoms with van der Waals surface area (Å²) in [6, 6.07) is 8.52. The van der Waals surface area contributed by atoms with Gasteiger partial charge in [-0.25, -0.2) is 4.39 Å². The van der Waals surface area contributed by atoms with Gasteiger partial charge in [0.05, 0.1) is 6.61 Å². The Morgan fingerprint density at radius 3 is 2.76 bits per heavy atom. The Morgan fingerprint density at radius 2 is 2.06 bits per heavy atom. The van der Waals surface area contributed by atoms with Crippen LogP contribution in [0.3, 0.4) is 0 Å². The summed E-state index contributed by atoms with van der Waals surface area (Å²) in [6.07, 6.45) is 4.01. The van der Waals surface area contributed by atoms with Gasteiger partial charge in [-0.3, -0.25) is 0 Å². The first-order valence-electron chi connectivity index (χ1n) is 5.50. The van der Waals surface area contributed by atoms with Gasteiger partial charge < -0.3 is 9.30 Å². The van der Waals surface area contributed by atoms with E-state index >= 15 is 0 Å². The zero-order valence-electron chi connectivity index (χ0n) is 9.17. The van der Waals surface area contributed by atoms with Crippen LogP contribution in [-0.2, 0) is 4.74 Å². The summed E-state index contributed by atoms with van der Waals surface area (Å²) in [6.45, 7) is 0.817. The van der Waals surface area contributed by atoms with Crippen LogP contribution in [0, 0.1) is 5.82 Å². The number of aromatic nitrogens is 1. The summed E-state index contributed by atoms with van der Waals surface area (Å²) in [5, 5.41) is 0. The minimum absolute atomic E-state index is 0.150. The molecule has 1 atom stereocenters. The molecule has 4 heteroatoms. The quantitative estimate of drug-likeness (QED) is 0.810. The maximum absolute atomic E-state index is 12.8. The van der Waals surface area contributed by atoms with Crippen molar-refractivity contribution in [3.63, 3.8) is 0 Å². The van der Waals surface area contributed by atoms with Crippen LogP contribution >= 0.6 is 11.8 Å². The Hall–Kier alpha value is -1.26. The molecule has 1 aliphatic rings. The molecule has 2 heterocycles. The van der Waals surface area contributed by atoms with Gasteiger partial charge in [-0.15, -0.1) is 11.8 Å². The predicted molar refractivity (Wildman–Crippen MR) is 66.9 cm³/mol. The molecule has 1 aromatic carbocycles. The number of benzene rings is 1. The van der Waals surface area contributed by atoms with Gasteiger partial charge in [-0.2, -0.15) is 0 Å². The molecule has 88 valence electrons. The Morgan fingerprint density at radius 1 is 1.24 bits per heavy atom. The van der Waals surface area contributed by atoms with Crippen molar-refractivity contribution in [1.29, 1.82) is 0 Å². The SMILES string of the molecule is Fc1ccc(-n2ccc([C@H]3OCCS3)c2)cc1. The third-order valence-corrected chi connectivity index (χ3v) is 3.85. The van der Waals surface area contributed by atoms with E-state index in [1.165, 1.54) is 12.1 Å². The van der Waals surface area contributed by atoms with E-state index < -0.39 is 0 Å². The number of ether oxygens (including phenoxy) is 1. The van der Waals surface area contributed by atoms with Crippen LogP contribution < -0.4 is 0 Å². The molecule has 0 saturated carbocycles. The second-order valence-corrected chi connectivity index (χ2v) is 5.07. The van der Waals surface area contributed by atoms with Gasteiger partial charge in [0, 0.05) is 29.4 Å². The monoisotopic (exact) mass is 249 g/mol. The second-order valence-electron chi connectivity index (χ2n) is 3.90. The molecule has 1 aromatic heterocycles. The molecule has 1 aliphatic heterocycles. The van der Waals surface area contributed by atoms with Crippen molar-refractivity contribution in [2.24, 2.45) is 0 Å². The van der Waals surface area contributed by atoms with E-state index in [9.17, 15) is 4.39 Å². The van der Waals surface area contributed by atoms with Gasteiger partial charge in [-0.1, -0.05) is 0 Å². The van der Waals surface area contributed by atoms with Crippen LogP contribution in [0.5, 0.6) is 0 Å². The average molecular weight is 249 g/mol. The fraction of sp³-hybridized carbons (Fsp3) is 0.231. The first kappa shape index (κ1) is 10.9. The zero-order valence-corrected chi connectivity index (χ0v) is 9.99. The first-order valence-corrected chi connectivity index (χ1v) is 6.55. The number of nitrogens with zero attached hydrogens (tertiary/aromatic N) is 1. The Balaban J connectivity index is 1.86. The fourth-order valence-electron chi connectivity index (χ4n) is 1.88. The van der Waals surface area contributed by atoms with E-state index in [0.717, 1.165) is 23.6 Å². The van der Waals surface area contributed by atoms with E-state index in [-0.39, 0.29) is 11.3 Å². The summed E-state index contributed by atoms with van der Waals surface area (Å²) >= 11 is 1.81. The topological polar surface area (TPSA) is 14.2 Å². The van der Waals surface area contributed by atoms with Gasteiger partial charge >= 0.3 is 0 Å². The molecule has 1 saturated heterocycles. The molecule has 2 aromatic rings. The molecule has 1 fully saturated rings. The van der Waals surface area contributed by atoms with Crippen LogP contribution in [-0.4, -0.2) is 16.9 Å². The van der Waals surface area contributed by atoms with Crippen molar-refractivity contribution >= 4 is 11.8 Å². The molecular weight excluding hydrogens is 237 g/mol. The normalized spacial score (nSPS) is 19.7. The molecule has 3 rings (SSSR count). The third-order valence-electron chi connectivity index (χ3n) is 2.73. The van der Waals surface area contributed by atoms with Crippen LogP contribution in [0.1, 0.15) is 11.0 Å². The molecular formula is C13H12FNOS. The molecule has 0 amide bonds. The van der Waals surface area contributed by atoms with Crippen molar-refractivity contribution in [1.82, 2.24) is 4.57 Å². The van der Waals surface area contributed by atoms with E-state index in [0.29, 0.717) is 0 Å². The molecule has 0 unspecified atom stereocenters. The average Bonchev–Trinajstić information content (AvgIpc) is 3.00. The summed E-state index contributed by atoms with van der Waals surface area (Å²) in [4.78, 5) is 0. The minimum Gasteiger partial charge on any atom is -0.362 e. The predicted octanol–water partition coefficient (Wildman–Crippen LogP) is 3.38. The van der Waals surface area contributed by atoms with Crippen molar-refractivity contribution in [2.75, 3.05) is 12.4 Å². The maximum atomic E-state index is 12.8. The van der Waals surface area contributed by atoms with E-state index in [4.69, 9.17) is 4.74 Å². The third kappa shape index (κ3) is 2.23. The van der Waals surface area contributed by atoms with E-state index in [2.05, 4.69) is 0 Å². The van der Waals surface area contributed by atoms with Crippen LogP contribution in [0.25, 0.3) is 5.69 Å². The first-order chi connectivity index (χ1) is 8.33. The van der Waals surface area contributed by atoms with Gasteiger partial charge in [0.2, 0.25) is 0 Å². The van der Waals surface area contributed by atoms with Crippen LogP contribution in [0.2, 0.25) is 0 Å². The molecule has 0 N–H and O–H groups in total. The molecule has 17 heavy (non-hydrogen) atoms. The van der Waals surface area contributed by atoms with Gasteiger partial charge in [0.1, 0.15) is 11.3 Å². The lowest BCUT2D eigenvalue weighted by Gasteiger charge is -2.05. The number of hydrogen-bond acceptors (Lipinski definition) is 2. The van der Waals surface area contributed by atoms with Crippen molar-refractivity contribution in [3.05, 3.63) is 54.1 Å². The van der Waals surface area contributed by atoms with Crippen molar-refractivity contribution in [2.45, 2.75) is 5.44 Å². The number of halogens is 1. The van der Waals surface area contributed by atoms with Crippen molar-refractivity contribution < 1.29 is 9.13 Å². The second kappa shape index (κ2) is 4.55. The molecule has 0 bridgehead atoms. The standard InChI is InChI=1S/C13H12FNOS/c14-11-1-3-12(4-2-11)15-6-5-10(9-15)13-16-7-8-17-13/h1-6,9,13H,7-8H2/t13-/m0/s1. The fourth-order valence-corrected chi connectivity index (χ4v) is 2.81. The van der Waals surface area contributed by atoms with Crippen LogP contribution in [0.4, 0.5) is 4.39 Å². The summed E-state index contributed by atoms with van der Waals surface area (Å²) in [5.41, 5.74) is 2.27. The Labute approximate surface area is 103 Å². The molecule has 2 nitrogen and oxygen atoms in total. The number of rotatable bonds is 2. The Kier molecular flexibility index (Phi) is 2.91. The lowest BCUT2D eigenvalue weighted by Crippen LogP contribution is -1.92. The molecule has 0 aliphatic carbocycles. The zero-order chi connectivity index (χ0) is 11.7. The Bertz CT molecular complexity index is 502. The van der Waals surface area contributed by atoms with E-state index in [1.54, 1.807) is 12.1 Å². The lowest BCUT2D eigenvalue weighted by atomic mass is 10.3. The minimum atomic E-state index is -0.212. The summed E-state index contributed by atoms with van der Waals surface area (Å²) in [7, 11) is 0. The number of thioether (sulfide) groups is 1. The van der Waals surface area contributed by atoms with Crippen molar-refractivity contribution in [3.8, 4) is 5.69 Å². The lowest BCUT2D eigenvalue weighted by molar-refractivity contribution is 0.145. The smallest absolute Gasteiger partial charge is 0.130 e. The largest absolute Gasteiger partial charge is 0.362 e. The maximum Gasteiger partial charge on any atom is 0.130 e.